The summed E-state index contributed by atoms with van der Waals surface area (Å²) < 4.78 is 5.31. The van der Waals surface area contributed by atoms with Crippen LogP contribution in [-0.4, -0.2) is 127 Å². The summed E-state index contributed by atoms with van der Waals surface area (Å²) in [6, 6.07) is 3.78. The summed E-state index contributed by atoms with van der Waals surface area (Å²) in [6.45, 7) is -0.191. The fourth-order valence-electron chi connectivity index (χ4n) is 4.65. The molecule has 0 saturated heterocycles. The van der Waals surface area contributed by atoms with Crippen molar-refractivity contribution < 1.29 is 80.4 Å². The van der Waals surface area contributed by atoms with E-state index in [2.05, 4.69) is 5.10 Å². The Morgan fingerprint density at radius 1 is 0.935 bits per heavy atom. The minimum absolute atomic E-state index is 0.0403. The van der Waals surface area contributed by atoms with E-state index in [4.69, 9.17) is 10.5 Å². The Bertz CT molecular complexity index is 1690. The van der Waals surface area contributed by atoms with Gasteiger partial charge in [-0.15, -0.1) is 0 Å². The van der Waals surface area contributed by atoms with Crippen LogP contribution in [0.5, 0.6) is 28.7 Å². The van der Waals surface area contributed by atoms with E-state index in [1.807, 2.05) is 0 Å². The Kier molecular flexibility index (Phi) is 8.47. The van der Waals surface area contributed by atoms with Crippen LogP contribution < -0.4 is 20.3 Å². The Morgan fingerprint density at radius 2 is 1.48 bits per heavy atom. The van der Waals surface area contributed by atoms with Gasteiger partial charge in [0.15, 0.2) is 22.9 Å². The molecule has 248 valence electrons. The minimum Gasteiger partial charge on any atom is -0.503 e. The Morgan fingerprint density at radius 3 is 1.93 bits per heavy atom. The van der Waals surface area contributed by atoms with Crippen LogP contribution in [0, 0.1) is 0 Å². The van der Waals surface area contributed by atoms with Gasteiger partial charge in [-0.05, 0) is 30.7 Å². The smallest absolute Gasteiger partial charge is 0.307 e. The molecular weight excluding hydrogens is 626 g/mol. The standard InChI is InChI=1S/C25H27N5O16/c1-46-18-16(33)14(31)13(15(32)17(18)34)30-12-10(11(27-30)19(26)35)6-7-28(20(12)36)8-2-4-9(5-3-8)29(25(44,45)23(40)41)21(37)24(42,43)22(38)39/h2-5,22-23,31-34,38-45H,6-7H2,1H3,(H2,26,35). The summed E-state index contributed by atoms with van der Waals surface area (Å²) in [7, 11) is 1.00. The van der Waals surface area contributed by atoms with E-state index < -0.39 is 93.5 Å². The number of aliphatic hydroxyl groups is 8. The molecule has 2 heterocycles. The fourth-order valence-corrected chi connectivity index (χ4v) is 4.65. The summed E-state index contributed by atoms with van der Waals surface area (Å²) in [4.78, 5) is 39.3. The van der Waals surface area contributed by atoms with E-state index in [0.29, 0.717) is 4.68 Å². The highest BCUT2D eigenvalue weighted by Crippen LogP contribution is 2.53. The Hall–Kier alpha value is -5.26. The molecule has 0 radical (unpaired) electrons. The van der Waals surface area contributed by atoms with Gasteiger partial charge >= 0.3 is 5.91 Å². The zero-order valence-electron chi connectivity index (χ0n) is 23.2. The quantitative estimate of drug-likeness (QED) is 0.0585. The van der Waals surface area contributed by atoms with Gasteiger partial charge in [-0.3, -0.25) is 19.3 Å². The average Bonchev–Trinajstić information content (AvgIpc) is 3.37. The average molecular weight is 654 g/mol. The number of hydrogen-bond acceptors (Lipinski definition) is 17. The van der Waals surface area contributed by atoms with Gasteiger partial charge in [0.1, 0.15) is 5.69 Å². The first-order valence-corrected chi connectivity index (χ1v) is 12.6. The number of anilines is 2. The molecule has 0 bridgehead atoms. The van der Waals surface area contributed by atoms with Crippen molar-refractivity contribution in [2.45, 2.75) is 30.7 Å². The molecule has 46 heavy (non-hydrogen) atoms. The van der Waals surface area contributed by atoms with Crippen LogP contribution in [0.25, 0.3) is 5.69 Å². The second kappa shape index (κ2) is 11.6. The van der Waals surface area contributed by atoms with E-state index in [9.17, 15) is 75.7 Å². The van der Waals surface area contributed by atoms with Crippen molar-refractivity contribution in [1.82, 2.24) is 9.78 Å². The lowest BCUT2D eigenvalue weighted by Gasteiger charge is -2.39. The van der Waals surface area contributed by atoms with Crippen LogP contribution in [0.4, 0.5) is 11.4 Å². The molecule has 14 N–H and O–H groups in total. The van der Waals surface area contributed by atoms with E-state index >= 15 is 0 Å². The summed E-state index contributed by atoms with van der Waals surface area (Å²) in [5.74, 6) is -17.5. The maximum Gasteiger partial charge on any atom is 0.307 e. The second-order valence-corrected chi connectivity index (χ2v) is 9.75. The van der Waals surface area contributed by atoms with Crippen LogP contribution in [0.15, 0.2) is 24.3 Å². The van der Waals surface area contributed by atoms with Gasteiger partial charge < -0.3 is 76.6 Å². The molecular formula is C25H27N5O16. The molecule has 1 aromatic heterocycles. The summed E-state index contributed by atoms with van der Waals surface area (Å²) in [5, 5.41) is 123. The van der Waals surface area contributed by atoms with Crippen molar-refractivity contribution in [2.24, 2.45) is 5.73 Å². The molecule has 1 aliphatic rings. The van der Waals surface area contributed by atoms with E-state index in [-0.39, 0.29) is 29.1 Å². The number of hydrogen-bond donors (Lipinski definition) is 13. The third kappa shape index (κ3) is 5.13. The van der Waals surface area contributed by atoms with Gasteiger partial charge in [0, 0.05) is 23.5 Å². The zero-order chi connectivity index (χ0) is 34.6. The second-order valence-electron chi connectivity index (χ2n) is 9.75. The van der Waals surface area contributed by atoms with Gasteiger partial charge in [0.2, 0.25) is 29.8 Å². The van der Waals surface area contributed by atoms with Gasteiger partial charge in [-0.25, -0.2) is 4.68 Å². The molecule has 0 atom stereocenters. The Labute approximate surface area is 255 Å². The van der Waals surface area contributed by atoms with Crippen LogP contribution in [0.2, 0.25) is 0 Å². The summed E-state index contributed by atoms with van der Waals surface area (Å²) >= 11 is 0. The monoisotopic (exact) mass is 653 g/mol. The minimum atomic E-state index is -4.08. The third-order valence-corrected chi connectivity index (χ3v) is 6.97. The number of nitrogens with two attached hydrogens (primary N) is 1. The number of fused-ring (bicyclic) bond motifs is 1. The number of methoxy groups -OCH3 is 1. The molecule has 21 nitrogen and oxygen atoms in total. The SMILES string of the molecule is COc1c(O)c(O)c(-n2nc(C(N)=O)c3c2C(=O)N(c2ccc(N(C(=O)C(O)(O)C(O)O)C(O)(O)C(O)O)cc2)CC3)c(O)c1O. The van der Waals surface area contributed by atoms with Crippen molar-refractivity contribution in [3.8, 4) is 34.4 Å². The highest BCUT2D eigenvalue weighted by molar-refractivity contribution is 6.10. The van der Waals surface area contributed by atoms with Gasteiger partial charge in [-0.1, -0.05) is 0 Å². The molecule has 0 unspecified atom stereocenters. The summed E-state index contributed by atoms with van der Waals surface area (Å²) in [6.07, 6.45) is -6.49. The van der Waals surface area contributed by atoms with Crippen molar-refractivity contribution in [3.05, 3.63) is 41.2 Å². The van der Waals surface area contributed by atoms with Crippen molar-refractivity contribution in [1.29, 1.82) is 0 Å². The molecule has 3 aromatic rings. The lowest BCUT2D eigenvalue weighted by molar-refractivity contribution is -0.300. The number of ether oxygens (including phenoxy) is 1. The number of primary amides is 1. The van der Waals surface area contributed by atoms with Crippen molar-refractivity contribution in [2.75, 3.05) is 23.5 Å². The topological polar surface area (TPSA) is 354 Å². The number of aromatic nitrogens is 2. The number of carbonyl (C=O) groups is 3. The molecule has 3 amide bonds. The van der Waals surface area contributed by atoms with E-state index in [1.54, 1.807) is 0 Å². The van der Waals surface area contributed by atoms with Gasteiger partial charge in [0.25, 0.3) is 23.5 Å². The Balaban J connectivity index is 1.83. The highest BCUT2D eigenvalue weighted by Gasteiger charge is 2.53. The van der Waals surface area contributed by atoms with Crippen LogP contribution in [0.3, 0.4) is 0 Å². The number of amides is 3. The van der Waals surface area contributed by atoms with Crippen LogP contribution >= 0.6 is 0 Å². The van der Waals surface area contributed by atoms with Crippen molar-refractivity contribution in [3.63, 3.8) is 0 Å². The number of aliphatic hydroxyl groups excluding tert-OH is 2. The fraction of sp³-hybridized carbons (Fsp3) is 0.280. The van der Waals surface area contributed by atoms with Crippen molar-refractivity contribution >= 4 is 29.1 Å². The maximum absolute atomic E-state index is 13.8. The third-order valence-electron chi connectivity index (χ3n) is 6.97. The molecule has 0 spiro atoms. The number of rotatable bonds is 9. The van der Waals surface area contributed by atoms with Gasteiger partial charge in [0.05, 0.1) is 7.11 Å². The normalized spacial score (nSPS) is 13.7. The first-order valence-electron chi connectivity index (χ1n) is 12.6. The summed E-state index contributed by atoms with van der Waals surface area (Å²) in [5.41, 5.74) is 2.84. The first-order chi connectivity index (χ1) is 21.3. The lowest BCUT2D eigenvalue weighted by Crippen LogP contribution is -2.67. The molecule has 0 aliphatic carbocycles. The molecule has 4 rings (SSSR count). The zero-order valence-corrected chi connectivity index (χ0v) is 23.2. The highest BCUT2D eigenvalue weighted by atomic mass is 16.6. The molecule has 2 aromatic carbocycles. The lowest BCUT2D eigenvalue weighted by atomic mass is 10.0. The van der Waals surface area contributed by atoms with E-state index in [1.165, 1.54) is 0 Å². The predicted octanol–water partition coefficient (Wildman–Crippen LogP) is -4.72. The largest absolute Gasteiger partial charge is 0.503 e. The van der Waals surface area contributed by atoms with Crippen LogP contribution in [0.1, 0.15) is 26.5 Å². The van der Waals surface area contributed by atoms with Gasteiger partial charge in [-0.2, -0.15) is 5.10 Å². The maximum atomic E-state index is 13.8. The molecule has 1 aliphatic heterocycles. The number of nitrogens with zero attached hydrogens (tertiary/aromatic N) is 4. The van der Waals surface area contributed by atoms with E-state index in [0.717, 1.165) is 36.3 Å². The molecule has 0 fully saturated rings. The van der Waals surface area contributed by atoms with Crippen LogP contribution in [-0.2, 0) is 11.2 Å². The number of aromatic hydroxyl groups is 4. The number of phenols is 4. The molecule has 0 saturated carbocycles. The number of phenolic OH excluding ortho intramolecular Hbond substituents is 4. The molecule has 21 heteroatoms. The first kappa shape index (κ1) is 33.6. The number of carbonyl (C=O) groups excluding carboxylic acids is 3. The number of benzene rings is 2. The predicted molar refractivity (Wildman–Crippen MR) is 145 cm³/mol.